The summed E-state index contributed by atoms with van der Waals surface area (Å²) < 4.78 is 0. The van der Waals surface area contributed by atoms with E-state index in [0.717, 1.165) is 60.4 Å². The maximum absolute atomic E-state index is 13.5. The highest BCUT2D eigenvalue weighted by Crippen LogP contribution is 2.34. The number of benzene rings is 2. The fourth-order valence-corrected chi connectivity index (χ4v) is 5.93. The SMILES string of the molecule is CCN(c1cc(Cl)cc(C(=O)NCc2c(-c3ccccc3)[nH]c(C)cc2=O)c1C)C1CCC(N(C)C)CC1. The topological polar surface area (TPSA) is 68.4 Å². The second kappa shape index (κ2) is 12.2. The summed E-state index contributed by atoms with van der Waals surface area (Å²) in [5.41, 5.74) is 5.29. The first-order chi connectivity index (χ1) is 18.2. The van der Waals surface area contributed by atoms with Crippen molar-refractivity contribution in [2.24, 2.45) is 0 Å². The van der Waals surface area contributed by atoms with Crippen LogP contribution in [0.4, 0.5) is 5.69 Å². The van der Waals surface area contributed by atoms with E-state index in [2.05, 4.69) is 41.1 Å². The van der Waals surface area contributed by atoms with Crippen molar-refractivity contribution in [1.29, 1.82) is 0 Å². The second-order valence-corrected chi connectivity index (χ2v) is 11.0. The lowest BCUT2D eigenvalue weighted by molar-refractivity contribution is 0.0950. The Morgan fingerprint density at radius 3 is 2.32 bits per heavy atom. The molecule has 0 bridgehead atoms. The van der Waals surface area contributed by atoms with E-state index in [9.17, 15) is 9.59 Å². The van der Waals surface area contributed by atoms with Crippen molar-refractivity contribution >= 4 is 23.2 Å². The fraction of sp³-hybridized carbons (Fsp3) is 0.419. The fourth-order valence-electron chi connectivity index (χ4n) is 5.72. The maximum Gasteiger partial charge on any atom is 0.251 e. The summed E-state index contributed by atoms with van der Waals surface area (Å²) in [4.78, 5) is 34.4. The average Bonchev–Trinajstić information content (AvgIpc) is 2.90. The van der Waals surface area contributed by atoms with E-state index in [1.807, 2.05) is 50.2 Å². The molecule has 1 saturated carbocycles. The Bertz CT molecular complexity index is 1330. The number of aromatic amines is 1. The van der Waals surface area contributed by atoms with Crippen molar-refractivity contribution in [3.05, 3.63) is 86.2 Å². The molecule has 6 nitrogen and oxygen atoms in total. The van der Waals surface area contributed by atoms with Gasteiger partial charge in [0.1, 0.15) is 0 Å². The number of nitrogens with zero attached hydrogens (tertiary/aromatic N) is 2. The lowest BCUT2D eigenvalue weighted by Gasteiger charge is -2.40. The normalized spacial score (nSPS) is 17.4. The summed E-state index contributed by atoms with van der Waals surface area (Å²) in [6.07, 6.45) is 4.55. The van der Waals surface area contributed by atoms with Gasteiger partial charge in [-0.3, -0.25) is 9.59 Å². The van der Waals surface area contributed by atoms with Crippen LogP contribution in [-0.2, 0) is 6.54 Å². The molecule has 1 aromatic heterocycles. The molecule has 3 aromatic rings. The summed E-state index contributed by atoms with van der Waals surface area (Å²) in [6, 6.07) is 16.0. The van der Waals surface area contributed by atoms with Crippen LogP contribution in [-0.4, -0.2) is 48.5 Å². The molecule has 0 saturated heterocycles. The largest absolute Gasteiger partial charge is 0.369 e. The molecule has 7 heteroatoms. The zero-order valence-electron chi connectivity index (χ0n) is 23.1. The first kappa shape index (κ1) is 27.9. The minimum atomic E-state index is -0.238. The van der Waals surface area contributed by atoms with Gasteiger partial charge in [-0.25, -0.2) is 0 Å². The standard InChI is InChI=1S/C31H39ClN4O2/c1-6-36(25-14-12-24(13-15-25)35(4)5)28-18-23(32)17-26(21(28)3)31(38)33-19-27-29(37)16-20(2)34-30(27)22-10-8-7-9-11-22/h7-11,16-18,24-25H,6,12-15,19H2,1-5H3,(H,33,38)(H,34,37). The smallest absolute Gasteiger partial charge is 0.251 e. The Labute approximate surface area is 231 Å². The Hall–Kier alpha value is -3.09. The number of hydrogen-bond donors (Lipinski definition) is 2. The molecule has 0 aliphatic heterocycles. The number of halogens is 1. The highest BCUT2D eigenvalue weighted by atomic mass is 35.5. The van der Waals surface area contributed by atoms with Crippen LogP contribution in [0, 0.1) is 13.8 Å². The van der Waals surface area contributed by atoms with Crippen molar-refractivity contribution < 1.29 is 4.79 Å². The minimum absolute atomic E-state index is 0.102. The highest BCUT2D eigenvalue weighted by Gasteiger charge is 2.28. The van der Waals surface area contributed by atoms with Crippen molar-refractivity contribution in [3.63, 3.8) is 0 Å². The third kappa shape index (κ3) is 6.13. The van der Waals surface area contributed by atoms with Crippen LogP contribution >= 0.6 is 11.6 Å². The number of amides is 1. The van der Waals surface area contributed by atoms with Gasteiger partial charge in [-0.2, -0.15) is 0 Å². The monoisotopic (exact) mass is 534 g/mol. The Morgan fingerprint density at radius 1 is 1.03 bits per heavy atom. The van der Waals surface area contributed by atoms with E-state index in [0.29, 0.717) is 28.2 Å². The molecule has 0 atom stereocenters. The molecule has 2 N–H and O–H groups in total. The van der Waals surface area contributed by atoms with Crippen LogP contribution in [0.25, 0.3) is 11.3 Å². The summed E-state index contributed by atoms with van der Waals surface area (Å²) in [7, 11) is 4.31. The molecule has 1 fully saturated rings. The third-order valence-electron chi connectivity index (χ3n) is 7.83. The number of carbonyl (C=O) groups excluding carboxylic acids is 1. The van der Waals surface area contributed by atoms with Gasteiger partial charge in [-0.1, -0.05) is 41.9 Å². The number of aromatic nitrogens is 1. The van der Waals surface area contributed by atoms with Crippen LogP contribution in [0.3, 0.4) is 0 Å². The molecule has 0 radical (unpaired) electrons. The maximum atomic E-state index is 13.5. The summed E-state index contributed by atoms with van der Waals surface area (Å²) >= 11 is 6.57. The zero-order valence-corrected chi connectivity index (χ0v) is 23.9. The van der Waals surface area contributed by atoms with Gasteiger partial charge in [0, 0.05) is 58.8 Å². The predicted octanol–water partition coefficient (Wildman–Crippen LogP) is 5.94. The first-order valence-electron chi connectivity index (χ1n) is 13.5. The van der Waals surface area contributed by atoms with Crippen molar-refractivity contribution in [2.75, 3.05) is 25.5 Å². The van der Waals surface area contributed by atoms with E-state index in [-0.39, 0.29) is 17.9 Å². The molecular weight excluding hydrogens is 496 g/mol. The number of anilines is 1. The summed E-state index contributed by atoms with van der Waals surface area (Å²) in [5, 5.41) is 3.53. The molecule has 0 unspecified atom stereocenters. The Balaban J connectivity index is 1.58. The van der Waals surface area contributed by atoms with Gasteiger partial charge >= 0.3 is 0 Å². The van der Waals surface area contributed by atoms with Crippen LogP contribution < -0.4 is 15.6 Å². The molecule has 4 rings (SSSR count). The second-order valence-electron chi connectivity index (χ2n) is 10.5. The molecule has 0 spiro atoms. The number of H-pyrrole nitrogens is 1. The molecule has 1 aliphatic carbocycles. The highest BCUT2D eigenvalue weighted by molar-refractivity contribution is 6.31. The third-order valence-corrected chi connectivity index (χ3v) is 8.05. The van der Waals surface area contributed by atoms with Gasteiger partial charge in [-0.05, 0) is 83.8 Å². The average molecular weight is 535 g/mol. The van der Waals surface area contributed by atoms with Crippen molar-refractivity contribution in [3.8, 4) is 11.3 Å². The lowest BCUT2D eigenvalue weighted by Crippen LogP contribution is -2.42. The number of carbonyl (C=O) groups is 1. The molecule has 202 valence electrons. The van der Waals surface area contributed by atoms with E-state index < -0.39 is 0 Å². The molecule has 1 aliphatic rings. The van der Waals surface area contributed by atoms with E-state index in [1.54, 1.807) is 12.1 Å². The van der Waals surface area contributed by atoms with Crippen LogP contribution in [0.2, 0.25) is 5.02 Å². The number of nitrogens with one attached hydrogen (secondary N) is 2. The molecule has 1 amide bonds. The number of aryl methyl sites for hydroxylation is 1. The molecule has 1 heterocycles. The van der Waals surface area contributed by atoms with Gasteiger partial charge in [-0.15, -0.1) is 0 Å². The van der Waals surface area contributed by atoms with Crippen molar-refractivity contribution in [1.82, 2.24) is 15.2 Å². The van der Waals surface area contributed by atoms with E-state index in [1.165, 1.54) is 0 Å². The van der Waals surface area contributed by atoms with Crippen LogP contribution in [0.5, 0.6) is 0 Å². The van der Waals surface area contributed by atoms with Crippen molar-refractivity contribution in [2.45, 2.75) is 65.1 Å². The van der Waals surface area contributed by atoms with Gasteiger partial charge < -0.3 is 20.1 Å². The van der Waals surface area contributed by atoms with Gasteiger partial charge in [0.2, 0.25) is 0 Å². The quantitative estimate of drug-likeness (QED) is 0.375. The van der Waals surface area contributed by atoms with Gasteiger partial charge in [0.15, 0.2) is 5.43 Å². The predicted molar refractivity (Wildman–Crippen MR) is 157 cm³/mol. The summed E-state index contributed by atoms with van der Waals surface area (Å²) in [6.45, 7) is 6.97. The number of pyridine rings is 1. The molecular formula is C31H39ClN4O2. The Kier molecular flexibility index (Phi) is 8.95. The molecule has 2 aromatic carbocycles. The molecule has 38 heavy (non-hydrogen) atoms. The van der Waals surface area contributed by atoms with E-state index in [4.69, 9.17) is 11.6 Å². The first-order valence-corrected chi connectivity index (χ1v) is 13.9. The van der Waals surface area contributed by atoms with Gasteiger partial charge in [0.05, 0.1) is 5.69 Å². The van der Waals surface area contributed by atoms with E-state index >= 15 is 0 Å². The number of hydrogen-bond acceptors (Lipinski definition) is 4. The van der Waals surface area contributed by atoms with Gasteiger partial charge in [0.25, 0.3) is 5.91 Å². The lowest BCUT2D eigenvalue weighted by atomic mass is 9.89. The summed E-state index contributed by atoms with van der Waals surface area (Å²) in [5.74, 6) is -0.238. The minimum Gasteiger partial charge on any atom is -0.369 e. The zero-order chi connectivity index (χ0) is 27.4. The van der Waals surface area contributed by atoms with Crippen LogP contribution in [0.15, 0.2) is 53.3 Å². The number of rotatable bonds is 8. The Morgan fingerprint density at radius 2 is 1.68 bits per heavy atom. The van der Waals surface area contributed by atoms with Crippen LogP contribution in [0.1, 0.15) is 59.8 Å².